The van der Waals surface area contributed by atoms with Gasteiger partial charge in [0.15, 0.2) is 17.1 Å². The molecule has 0 aliphatic carbocycles. The van der Waals surface area contributed by atoms with Gasteiger partial charge in [-0.1, -0.05) is 19.9 Å². The molecule has 3 rings (SSSR count). The Kier molecular flexibility index (Phi) is 5.74. The standard InChI is InChI=1S/C23H30N4O3/c1-13(2)17-11-16(20-14(3)26-27(21(20)25-17)23(4,5)6)22(29)24-12-15-8-9-18(28)19(10-15)30-7/h8-11,13,28H,12H2,1-7H3,(H,24,29). The lowest BCUT2D eigenvalue weighted by molar-refractivity contribution is 0.0952. The van der Waals surface area contributed by atoms with Gasteiger partial charge in [-0.2, -0.15) is 5.10 Å². The number of nitrogens with one attached hydrogen (secondary N) is 1. The second-order valence-corrected chi connectivity index (χ2v) is 8.80. The summed E-state index contributed by atoms with van der Waals surface area (Å²) in [6, 6.07) is 6.88. The summed E-state index contributed by atoms with van der Waals surface area (Å²) in [4.78, 5) is 18.0. The molecule has 0 saturated carbocycles. The topological polar surface area (TPSA) is 89.3 Å². The first-order chi connectivity index (χ1) is 14.0. The third-order valence-corrected chi connectivity index (χ3v) is 5.00. The maximum atomic E-state index is 13.2. The van der Waals surface area contributed by atoms with Crippen molar-refractivity contribution < 1.29 is 14.6 Å². The number of hydrogen-bond acceptors (Lipinski definition) is 5. The molecule has 2 N–H and O–H groups in total. The number of benzene rings is 1. The van der Waals surface area contributed by atoms with Gasteiger partial charge >= 0.3 is 0 Å². The number of pyridine rings is 1. The molecule has 1 aromatic carbocycles. The zero-order chi connectivity index (χ0) is 22.2. The molecule has 0 aliphatic rings. The van der Waals surface area contributed by atoms with Crippen molar-refractivity contribution in [1.29, 1.82) is 0 Å². The number of aromatic nitrogens is 3. The molecule has 0 saturated heterocycles. The minimum Gasteiger partial charge on any atom is -0.504 e. The van der Waals surface area contributed by atoms with Crippen molar-refractivity contribution in [1.82, 2.24) is 20.1 Å². The average Bonchev–Trinajstić information content (AvgIpc) is 3.03. The molecule has 0 aliphatic heterocycles. The van der Waals surface area contributed by atoms with Crippen molar-refractivity contribution in [3.63, 3.8) is 0 Å². The predicted octanol–water partition coefficient (Wildman–Crippen LogP) is 4.26. The van der Waals surface area contributed by atoms with E-state index < -0.39 is 0 Å². The van der Waals surface area contributed by atoms with Crippen molar-refractivity contribution in [2.45, 2.75) is 59.5 Å². The van der Waals surface area contributed by atoms with Crippen LogP contribution in [0.5, 0.6) is 11.5 Å². The van der Waals surface area contributed by atoms with Crippen molar-refractivity contribution in [3.05, 3.63) is 46.8 Å². The number of aromatic hydroxyl groups is 1. The molecule has 0 fully saturated rings. The highest BCUT2D eigenvalue weighted by Gasteiger charge is 2.25. The first-order valence-electron chi connectivity index (χ1n) is 10.1. The lowest BCUT2D eigenvalue weighted by atomic mass is 10.0. The van der Waals surface area contributed by atoms with Gasteiger partial charge in [0, 0.05) is 12.2 Å². The molecule has 7 nitrogen and oxygen atoms in total. The summed E-state index contributed by atoms with van der Waals surface area (Å²) in [5.74, 6) is 0.423. The Hall–Kier alpha value is -3.09. The van der Waals surface area contributed by atoms with E-state index in [0.29, 0.717) is 17.9 Å². The van der Waals surface area contributed by atoms with Crippen LogP contribution in [0.15, 0.2) is 24.3 Å². The van der Waals surface area contributed by atoms with Gasteiger partial charge in [0.2, 0.25) is 0 Å². The lowest BCUT2D eigenvalue weighted by Gasteiger charge is -2.20. The third-order valence-electron chi connectivity index (χ3n) is 5.00. The van der Waals surface area contributed by atoms with Gasteiger partial charge in [0.25, 0.3) is 5.91 Å². The Labute approximate surface area is 177 Å². The van der Waals surface area contributed by atoms with Crippen LogP contribution >= 0.6 is 0 Å². The SMILES string of the molecule is COc1cc(CNC(=O)c2cc(C(C)C)nc3c2c(C)nn3C(C)(C)C)ccc1O. The van der Waals surface area contributed by atoms with Crippen LogP contribution in [-0.4, -0.2) is 32.9 Å². The van der Waals surface area contributed by atoms with E-state index in [0.717, 1.165) is 28.0 Å². The highest BCUT2D eigenvalue weighted by molar-refractivity contribution is 6.06. The third kappa shape index (κ3) is 4.10. The van der Waals surface area contributed by atoms with Gasteiger partial charge in [-0.25, -0.2) is 9.67 Å². The molecule has 2 heterocycles. The monoisotopic (exact) mass is 410 g/mol. The van der Waals surface area contributed by atoms with Crippen LogP contribution in [0.3, 0.4) is 0 Å². The van der Waals surface area contributed by atoms with Gasteiger partial charge in [-0.15, -0.1) is 0 Å². The highest BCUT2D eigenvalue weighted by atomic mass is 16.5. The Bertz CT molecular complexity index is 1090. The number of ether oxygens (including phenoxy) is 1. The number of hydrogen-bond donors (Lipinski definition) is 2. The number of rotatable bonds is 5. The zero-order valence-electron chi connectivity index (χ0n) is 18.7. The molecule has 0 bridgehead atoms. The number of phenols is 1. The van der Waals surface area contributed by atoms with Crippen LogP contribution in [0.1, 0.15) is 67.8 Å². The predicted molar refractivity (Wildman–Crippen MR) is 117 cm³/mol. The molecular formula is C23H30N4O3. The minimum atomic E-state index is -0.258. The molecule has 30 heavy (non-hydrogen) atoms. The number of carbonyl (C=O) groups excluding carboxylic acids is 1. The summed E-state index contributed by atoms with van der Waals surface area (Å²) in [5, 5.41) is 18.2. The van der Waals surface area contributed by atoms with E-state index >= 15 is 0 Å². The van der Waals surface area contributed by atoms with Gasteiger partial charge < -0.3 is 15.2 Å². The van der Waals surface area contributed by atoms with Gasteiger partial charge in [-0.3, -0.25) is 4.79 Å². The van der Waals surface area contributed by atoms with Crippen LogP contribution < -0.4 is 10.1 Å². The normalized spacial score (nSPS) is 11.9. The molecule has 0 radical (unpaired) electrons. The number of aryl methyl sites for hydroxylation is 1. The second-order valence-electron chi connectivity index (χ2n) is 8.80. The zero-order valence-corrected chi connectivity index (χ0v) is 18.7. The van der Waals surface area contributed by atoms with Gasteiger partial charge in [-0.05, 0) is 57.4 Å². The molecule has 2 aromatic heterocycles. The quantitative estimate of drug-likeness (QED) is 0.656. The summed E-state index contributed by atoms with van der Waals surface area (Å²) in [5.41, 5.74) is 3.49. The maximum absolute atomic E-state index is 13.2. The molecular weight excluding hydrogens is 380 g/mol. The van der Waals surface area contributed by atoms with Crippen LogP contribution in [0, 0.1) is 6.92 Å². The smallest absolute Gasteiger partial charge is 0.252 e. The minimum absolute atomic E-state index is 0.0650. The molecule has 0 unspecified atom stereocenters. The molecule has 1 amide bonds. The summed E-state index contributed by atoms with van der Waals surface area (Å²) in [6.45, 7) is 12.5. The highest BCUT2D eigenvalue weighted by Crippen LogP contribution is 2.29. The van der Waals surface area contributed by atoms with Crippen LogP contribution in [0.2, 0.25) is 0 Å². The number of phenolic OH excluding ortho intramolecular Hbond substituents is 1. The Morgan fingerprint density at radius 3 is 2.57 bits per heavy atom. The summed E-state index contributed by atoms with van der Waals surface area (Å²) in [6.07, 6.45) is 0. The fourth-order valence-corrected chi connectivity index (χ4v) is 3.36. The van der Waals surface area contributed by atoms with E-state index in [1.165, 1.54) is 7.11 Å². The fraction of sp³-hybridized carbons (Fsp3) is 0.435. The summed E-state index contributed by atoms with van der Waals surface area (Å²) < 4.78 is 7.04. The molecule has 7 heteroatoms. The van der Waals surface area contributed by atoms with Crippen molar-refractivity contribution in [2.75, 3.05) is 7.11 Å². The summed E-state index contributed by atoms with van der Waals surface area (Å²) in [7, 11) is 1.49. The fourth-order valence-electron chi connectivity index (χ4n) is 3.36. The number of fused-ring (bicyclic) bond motifs is 1. The van der Waals surface area contributed by atoms with E-state index in [1.807, 2.05) is 17.7 Å². The number of amides is 1. The lowest BCUT2D eigenvalue weighted by Crippen LogP contribution is -2.25. The van der Waals surface area contributed by atoms with E-state index in [9.17, 15) is 9.90 Å². The largest absolute Gasteiger partial charge is 0.504 e. The van der Waals surface area contributed by atoms with Crippen LogP contribution in [0.25, 0.3) is 11.0 Å². The van der Waals surface area contributed by atoms with E-state index in [-0.39, 0.29) is 23.1 Å². The second kappa shape index (κ2) is 7.97. The first kappa shape index (κ1) is 21.6. The van der Waals surface area contributed by atoms with E-state index in [4.69, 9.17) is 9.72 Å². The molecule has 160 valence electrons. The van der Waals surface area contributed by atoms with Crippen LogP contribution in [0.4, 0.5) is 0 Å². The van der Waals surface area contributed by atoms with Crippen LogP contribution in [-0.2, 0) is 12.1 Å². The average molecular weight is 411 g/mol. The first-order valence-corrected chi connectivity index (χ1v) is 10.1. The van der Waals surface area contributed by atoms with E-state index in [1.54, 1.807) is 18.2 Å². The van der Waals surface area contributed by atoms with Gasteiger partial charge in [0.05, 0.1) is 29.3 Å². The Balaban J connectivity index is 2.01. The number of carbonyl (C=O) groups is 1. The Morgan fingerprint density at radius 1 is 1.27 bits per heavy atom. The van der Waals surface area contributed by atoms with Crippen molar-refractivity contribution in [3.8, 4) is 11.5 Å². The van der Waals surface area contributed by atoms with Gasteiger partial charge in [0.1, 0.15) is 0 Å². The van der Waals surface area contributed by atoms with Crippen molar-refractivity contribution in [2.24, 2.45) is 0 Å². The molecule has 0 atom stereocenters. The molecule has 3 aromatic rings. The summed E-state index contributed by atoms with van der Waals surface area (Å²) >= 11 is 0. The Morgan fingerprint density at radius 2 is 1.97 bits per heavy atom. The van der Waals surface area contributed by atoms with Crippen molar-refractivity contribution >= 4 is 16.9 Å². The number of methoxy groups -OCH3 is 1. The van der Waals surface area contributed by atoms with E-state index in [2.05, 4.69) is 45.0 Å². The number of nitrogens with zero attached hydrogens (tertiary/aromatic N) is 3. The molecule has 0 spiro atoms. The maximum Gasteiger partial charge on any atom is 0.252 e.